The molecule has 0 radical (unpaired) electrons. The van der Waals surface area contributed by atoms with Gasteiger partial charge in [0.25, 0.3) is 8.32 Å². The normalized spacial score (nSPS) is 13.5. The van der Waals surface area contributed by atoms with Crippen LogP contribution >= 0.6 is 11.8 Å². The molecular weight excluding hydrogens is 270 g/mol. The van der Waals surface area contributed by atoms with Crippen LogP contribution in [0.4, 0.5) is 0 Å². The molecule has 1 aromatic heterocycles. The van der Waals surface area contributed by atoms with Crippen molar-refractivity contribution in [1.29, 1.82) is 0 Å². The van der Waals surface area contributed by atoms with Crippen LogP contribution < -0.4 is 0 Å². The van der Waals surface area contributed by atoms with E-state index >= 15 is 0 Å². The number of pyridine rings is 1. The molecular formula is C15H25NOSSi. The highest BCUT2D eigenvalue weighted by molar-refractivity contribution is 8.02. The summed E-state index contributed by atoms with van der Waals surface area (Å²) in [5.74, 6) is 0. The fourth-order valence-electron chi connectivity index (χ4n) is 1.19. The molecule has 106 valence electrons. The SMILES string of the molecule is CC/C=C(\O[Si](C)(C)C(C)(C)C)Sc1ccccn1. The molecule has 0 amide bonds. The van der Waals surface area contributed by atoms with Crippen molar-refractivity contribution in [2.45, 2.75) is 57.3 Å². The van der Waals surface area contributed by atoms with E-state index in [9.17, 15) is 0 Å². The Bertz CT molecular complexity index is 424. The molecule has 2 nitrogen and oxygen atoms in total. The molecule has 1 heterocycles. The smallest absolute Gasteiger partial charge is 0.251 e. The standard InChI is InChI=1S/C15H25NOSSi/c1-7-10-14(17-19(5,6)15(2,3)4)18-13-11-8-9-12-16-13/h8-12H,7H2,1-6H3/b14-10+. The third-order valence-electron chi connectivity index (χ3n) is 3.38. The zero-order valence-electron chi connectivity index (χ0n) is 12.9. The van der Waals surface area contributed by atoms with Crippen LogP contribution in [-0.2, 0) is 4.43 Å². The third-order valence-corrected chi connectivity index (χ3v) is 8.77. The second kappa shape index (κ2) is 6.62. The summed E-state index contributed by atoms with van der Waals surface area (Å²) in [5.41, 5.74) is 0. The van der Waals surface area contributed by atoms with Crippen LogP contribution in [-0.4, -0.2) is 13.3 Å². The minimum absolute atomic E-state index is 0.213. The van der Waals surface area contributed by atoms with E-state index in [4.69, 9.17) is 4.43 Å². The molecule has 1 rings (SSSR count). The Morgan fingerprint density at radius 3 is 2.53 bits per heavy atom. The Morgan fingerprint density at radius 1 is 1.37 bits per heavy atom. The van der Waals surface area contributed by atoms with Crippen molar-refractivity contribution in [1.82, 2.24) is 4.98 Å². The molecule has 4 heteroatoms. The van der Waals surface area contributed by atoms with Gasteiger partial charge in [-0.1, -0.05) is 33.8 Å². The summed E-state index contributed by atoms with van der Waals surface area (Å²) in [4.78, 5) is 4.35. The van der Waals surface area contributed by atoms with E-state index in [1.807, 2.05) is 24.4 Å². The summed E-state index contributed by atoms with van der Waals surface area (Å²) >= 11 is 1.62. The first-order valence-electron chi connectivity index (χ1n) is 6.74. The topological polar surface area (TPSA) is 22.1 Å². The number of rotatable bonds is 5. The molecule has 0 bridgehead atoms. The van der Waals surface area contributed by atoms with Gasteiger partial charge in [0.15, 0.2) is 0 Å². The zero-order chi connectivity index (χ0) is 14.5. The minimum atomic E-state index is -1.78. The summed E-state index contributed by atoms with van der Waals surface area (Å²) in [5, 5.41) is 2.19. The molecule has 0 unspecified atom stereocenters. The van der Waals surface area contributed by atoms with Crippen molar-refractivity contribution >= 4 is 20.1 Å². The highest BCUT2D eigenvalue weighted by Gasteiger charge is 2.39. The number of thioether (sulfide) groups is 1. The molecule has 0 fully saturated rings. The zero-order valence-corrected chi connectivity index (χ0v) is 14.7. The maximum atomic E-state index is 6.37. The van der Waals surface area contributed by atoms with Gasteiger partial charge in [-0.15, -0.1) is 0 Å². The summed E-state index contributed by atoms with van der Waals surface area (Å²) < 4.78 is 6.37. The van der Waals surface area contributed by atoms with E-state index in [2.05, 4.69) is 51.8 Å². The molecule has 19 heavy (non-hydrogen) atoms. The van der Waals surface area contributed by atoms with E-state index in [-0.39, 0.29) is 5.04 Å². The Balaban J connectivity index is 2.83. The lowest BCUT2D eigenvalue weighted by Crippen LogP contribution is -2.40. The van der Waals surface area contributed by atoms with Gasteiger partial charge in [-0.3, -0.25) is 0 Å². The van der Waals surface area contributed by atoms with Gasteiger partial charge in [0.1, 0.15) is 10.1 Å². The number of nitrogens with zero attached hydrogens (tertiary/aromatic N) is 1. The largest absolute Gasteiger partial charge is 0.539 e. The van der Waals surface area contributed by atoms with Crippen molar-refractivity contribution in [3.63, 3.8) is 0 Å². The summed E-state index contributed by atoms with van der Waals surface area (Å²) in [6, 6.07) is 5.95. The van der Waals surface area contributed by atoms with Gasteiger partial charge >= 0.3 is 0 Å². The molecule has 0 atom stereocenters. The van der Waals surface area contributed by atoms with Gasteiger partial charge in [0.05, 0.1) is 0 Å². The second-order valence-electron chi connectivity index (χ2n) is 6.06. The second-order valence-corrected chi connectivity index (χ2v) is 11.8. The van der Waals surface area contributed by atoms with Crippen LogP contribution in [0.5, 0.6) is 0 Å². The first-order valence-corrected chi connectivity index (χ1v) is 10.5. The lowest BCUT2D eigenvalue weighted by atomic mass is 10.2. The molecule has 0 aliphatic heterocycles. The number of allylic oxidation sites excluding steroid dienone is 1. The Kier molecular flexibility index (Phi) is 5.68. The number of hydrogen-bond donors (Lipinski definition) is 0. The van der Waals surface area contributed by atoms with Crippen LogP contribution in [0.15, 0.2) is 40.6 Å². The third kappa shape index (κ3) is 5.03. The van der Waals surface area contributed by atoms with Crippen LogP contribution in [0.1, 0.15) is 34.1 Å². The first kappa shape index (κ1) is 16.3. The first-order chi connectivity index (χ1) is 8.76. The Labute approximate surface area is 122 Å². The molecule has 0 spiro atoms. The van der Waals surface area contributed by atoms with Crippen LogP contribution in [0.25, 0.3) is 0 Å². The minimum Gasteiger partial charge on any atom is -0.539 e. The van der Waals surface area contributed by atoms with Crippen molar-refractivity contribution in [2.75, 3.05) is 0 Å². The maximum absolute atomic E-state index is 6.37. The van der Waals surface area contributed by atoms with Crippen molar-refractivity contribution in [2.24, 2.45) is 0 Å². The monoisotopic (exact) mass is 295 g/mol. The maximum Gasteiger partial charge on any atom is 0.251 e. The predicted octanol–water partition coefficient (Wildman–Crippen LogP) is 5.45. The number of aromatic nitrogens is 1. The van der Waals surface area contributed by atoms with Gasteiger partial charge in [-0.25, -0.2) is 4.98 Å². The van der Waals surface area contributed by atoms with Crippen LogP contribution in [0.2, 0.25) is 18.1 Å². The van der Waals surface area contributed by atoms with Gasteiger partial charge in [-0.05, 0) is 54.5 Å². The molecule has 1 aromatic rings. The highest BCUT2D eigenvalue weighted by Crippen LogP contribution is 2.40. The summed E-state index contributed by atoms with van der Waals surface area (Å²) in [7, 11) is -1.78. The van der Waals surface area contributed by atoms with Crippen LogP contribution in [0.3, 0.4) is 0 Å². The van der Waals surface area contributed by atoms with E-state index in [0.717, 1.165) is 16.5 Å². The van der Waals surface area contributed by atoms with E-state index in [1.54, 1.807) is 11.8 Å². The quantitative estimate of drug-likeness (QED) is 0.410. The van der Waals surface area contributed by atoms with Gasteiger partial charge < -0.3 is 4.43 Å². The summed E-state index contributed by atoms with van der Waals surface area (Å²) in [6.45, 7) is 13.5. The lowest BCUT2D eigenvalue weighted by molar-refractivity contribution is 0.416. The predicted molar refractivity (Wildman–Crippen MR) is 86.8 cm³/mol. The van der Waals surface area contributed by atoms with Gasteiger partial charge in [0, 0.05) is 6.20 Å². The molecule has 0 aliphatic rings. The van der Waals surface area contributed by atoms with E-state index < -0.39 is 8.32 Å². The van der Waals surface area contributed by atoms with Crippen molar-refractivity contribution in [3.05, 3.63) is 35.6 Å². The summed E-state index contributed by atoms with van der Waals surface area (Å²) in [6.07, 6.45) is 4.95. The van der Waals surface area contributed by atoms with Crippen LogP contribution in [0, 0.1) is 0 Å². The van der Waals surface area contributed by atoms with Gasteiger partial charge in [-0.2, -0.15) is 0 Å². The average Bonchev–Trinajstić information content (AvgIpc) is 2.28. The van der Waals surface area contributed by atoms with Crippen molar-refractivity contribution in [3.8, 4) is 0 Å². The molecule has 0 saturated carbocycles. The van der Waals surface area contributed by atoms with Gasteiger partial charge in [0.2, 0.25) is 0 Å². The fourth-order valence-corrected chi connectivity index (χ4v) is 3.59. The van der Waals surface area contributed by atoms with E-state index in [1.165, 1.54) is 0 Å². The Hall–Kier alpha value is -0.743. The molecule has 0 saturated heterocycles. The lowest BCUT2D eigenvalue weighted by Gasteiger charge is -2.37. The van der Waals surface area contributed by atoms with Crippen molar-refractivity contribution < 1.29 is 4.43 Å². The Morgan fingerprint density at radius 2 is 2.05 bits per heavy atom. The van der Waals surface area contributed by atoms with E-state index in [0.29, 0.717) is 0 Å². The molecule has 0 aliphatic carbocycles. The highest BCUT2D eigenvalue weighted by atomic mass is 32.2. The average molecular weight is 296 g/mol. The molecule has 0 N–H and O–H groups in total. The molecule has 0 aromatic carbocycles. The fraction of sp³-hybridized carbons (Fsp3) is 0.533. The number of hydrogen-bond acceptors (Lipinski definition) is 3.